The Morgan fingerprint density at radius 3 is 2.79 bits per heavy atom. The predicted octanol–water partition coefficient (Wildman–Crippen LogP) is 4.73. The Morgan fingerprint density at radius 2 is 2.03 bits per heavy atom. The molecule has 0 saturated heterocycles. The van der Waals surface area contributed by atoms with Gasteiger partial charge >= 0.3 is 0 Å². The van der Waals surface area contributed by atoms with Crippen molar-refractivity contribution in [2.75, 3.05) is 0 Å². The van der Waals surface area contributed by atoms with Crippen molar-refractivity contribution in [3.05, 3.63) is 63.5 Å². The van der Waals surface area contributed by atoms with E-state index >= 15 is 0 Å². The molecule has 148 valence electrons. The zero-order chi connectivity index (χ0) is 20.0. The highest BCUT2D eigenvalue weighted by molar-refractivity contribution is 8.02. The van der Waals surface area contributed by atoms with Gasteiger partial charge in [-0.1, -0.05) is 50.1 Å². The predicted molar refractivity (Wildman–Crippen MR) is 116 cm³/mol. The highest BCUT2D eigenvalue weighted by atomic mass is 32.2. The fourth-order valence-electron chi connectivity index (χ4n) is 5.27. The summed E-state index contributed by atoms with van der Waals surface area (Å²) < 4.78 is 3.88. The van der Waals surface area contributed by atoms with Crippen molar-refractivity contribution in [3.8, 4) is 11.3 Å². The Hall–Kier alpha value is -2.56. The van der Waals surface area contributed by atoms with Gasteiger partial charge in [-0.15, -0.1) is 15.9 Å². The molecule has 0 atom stereocenters. The van der Waals surface area contributed by atoms with E-state index in [1.165, 1.54) is 36.6 Å². The minimum Gasteiger partial charge on any atom is -0.277 e. The first kappa shape index (κ1) is 18.5. The van der Waals surface area contributed by atoms with Crippen molar-refractivity contribution in [1.29, 1.82) is 0 Å². The second kappa shape index (κ2) is 7.05. The lowest BCUT2D eigenvalue weighted by Crippen LogP contribution is -2.43. The van der Waals surface area contributed by atoms with Gasteiger partial charge in [-0.3, -0.25) is 13.8 Å². The maximum Gasteiger partial charge on any atom is 0.259 e. The molecule has 5 rings (SSSR count). The number of thioether (sulfide) groups is 1. The zero-order valence-electron chi connectivity index (χ0n) is 16.6. The Kier molecular flexibility index (Phi) is 4.49. The van der Waals surface area contributed by atoms with Crippen molar-refractivity contribution in [3.63, 3.8) is 0 Å². The molecule has 6 heteroatoms. The normalized spacial score (nSPS) is 17.0. The first-order valence-electron chi connectivity index (χ1n) is 10.3. The summed E-state index contributed by atoms with van der Waals surface area (Å²) in [5, 5.41) is 11.4. The second-order valence-electron chi connectivity index (χ2n) is 8.01. The van der Waals surface area contributed by atoms with Crippen LogP contribution in [0, 0.1) is 0 Å². The summed E-state index contributed by atoms with van der Waals surface area (Å²) in [4.78, 5) is 13.8. The standard InChI is InChI=1S/C23H24N4OS/c1-3-14-29-22-25-24-21-26(4-2)20(28)18-19(27(21)22)17-11-7-6-10-16(17)15-23(18)12-8-5-9-13-23/h6-7,10-11,14H,1,4-5,8-9,12-13,15H2,2H3. The lowest BCUT2D eigenvalue weighted by atomic mass is 9.62. The van der Waals surface area contributed by atoms with Gasteiger partial charge < -0.3 is 0 Å². The third-order valence-corrected chi connectivity index (χ3v) is 7.24. The largest absolute Gasteiger partial charge is 0.277 e. The fraction of sp³-hybridized carbons (Fsp3) is 0.391. The van der Waals surface area contributed by atoms with Crippen LogP contribution >= 0.6 is 11.8 Å². The Bertz CT molecular complexity index is 1210. The number of hydrogen-bond acceptors (Lipinski definition) is 4. The van der Waals surface area contributed by atoms with E-state index in [1.54, 1.807) is 9.98 Å². The van der Waals surface area contributed by atoms with E-state index in [4.69, 9.17) is 0 Å². The summed E-state index contributed by atoms with van der Waals surface area (Å²) in [7, 11) is 0. The monoisotopic (exact) mass is 404 g/mol. The molecule has 1 aromatic carbocycles. The smallest absolute Gasteiger partial charge is 0.259 e. The number of hydrogen-bond donors (Lipinski definition) is 0. The molecule has 2 aromatic heterocycles. The molecule has 2 heterocycles. The number of aromatic nitrogens is 4. The first-order chi connectivity index (χ1) is 14.2. The number of fused-ring (bicyclic) bond motifs is 6. The third kappa shape index (κ3) is 2.66. The van der Waals surface area contributed by atoms with Gasteiger partial charge in [0.2, 0.25) is 10.9 Å². The molecule has 0 amide bonds. The molecule has 3 aromatic rings. The molecule has 0 radical (unpaired) electrons. The van der Waals surface area contributed by atoms with Crippen molar-refractivity contribution >= 4 is 17.5 Å². The maximum absolute atomic E-state index is 13.8. The average molecular weight is 405 g/mol. The third-order valence-electron chi connectivity index (χ3n) is 6.48. The maximum atomic E-state index is 13.8. The molecule has 0 aliphatic heterocycles. The van der Waals surface area contributed by atoms with E-state index in [0.717, 1.165) is 41.2 Å². The van der Waals surface area contributed by atoms with Gasteiger partial charge in [-0.05, 0) is 43.5 Å². The van der Waals surface area contributed by atoms with Gasteiger partial charge in [0.05, 0.1) is 5.69 Å². The van der Waals surface area contributed by atoms with Crippen LogP contribution in [0.3, 0.4) is 0 Å². The van der Waals surface area contributed by atoms with Gasteiger partial charge in [0.1, 0.15) is 0 Å². The molecule has 1 spiro atoms. The molecule has 5 nitrogen and oxygen atoms in total. The summed E-state index contributed by atoms with van der Waals surface area (Å²) in [6, 6.07) is 8.51. The summed E-state index contributed by atoms with van der Waals surface area (Å²) >= 11 is 1.44. The topological polar surface area (TPSA) is 52.2 Å². The van der Waals surface area contributed by atoms with Gasteiger partial charge in [-0.25, -0.2) is 0 Å². The highest BCUT2D eigenvalue weighted by Crippen LogP contribution is 2.49. The van der Waals surface area contributed by atoms with Gasteiger partial charge in [0, 0.05) is 28.5 Å². The molecule has 0 unspecified atom stereocenters. The summed E-state index contributed by atoms with van der Waals surface area (Å²) in [5.41, 5.74) is 7.23. The first-order valence-corrected chi connectivity index (χ1v) is 11.2. The quantitative estimate of drug-likeness (QED) is 0.468. The molecule has 2 aliphatic carbocycles. The Morgan fingerprint density at radius 1 is 1.24 bits per heavy atom. The van der Waals surface area contributed by atoms with Crippen LogP contribution in [-0.2, 0) is 18.4 Å². The Balaban J connectivity index is 1.95. The van der Waals surface area contributed by atoms with Crippen LogP contribution in [0.15, 0.2) is 51.9 Å². The second-order valence-corrected chi connectivity index (χ2v) is 8.84. The minimum absolute atomic E-state index is 0.0926. The molecule has 2 aliphatic rings. The molecule has 29 heavy (non-hydrogen) atoms. The van der Waals surface area contributed by atoms with Crippen LogP contribution < -0.4 is 5.56 Å². The minimum atomic E-state index is -0.0926. The Labute approximate surface area is 174 Å². The van der Waals surface area contributed by atoms with Crippen LogP contribution in [0.1, 0.15) is 50.2 Å². The van der Waals surface area contributed by atoms with E-state index in [-0.39, 0.29) is 11.0 Å². The van der Waals surface area contributed by atoms with Crippen molar-refractivity contribution in [2.24, 2.45) is 0 Å². The molecule has 0 N–H and O–H groups in total. The summed E-state index contributed by atoms with van der Waals surface area (Å²) in [5.74, 6) is 0.610. The van der Waals surface area contributed by atoms with Crippen LogP contribution in [-0.4, -0.2) is 19.2 Å². The fourth-order valence-corrected chi connectivity index (χ4v) is 5.83. The zero-order valence-corrected chi connectivity index (χ0v) is 17.5. The number of aryl methyl sites for hydroxylation is 1. The van der Waals surface area contributed by atoms with Crippen LogP contribution in [0.4, 0.5) is 0 Å². The van der Waals surface area contributed by atoms with Crippen molar-refractivity contribution in [1.82, 2.24) is 19.2 Å². The summed E-state index contributed by atoms with van der Waals surface area (Å²) in [6.45, 7) is 6.25. The lowest BCUT2D eigenvalue weighted by Gasteiger charge is -2.42. The average Bonchev–Trinajstić information content (AvgIpc) is 3.16. The molecular formula is C23H24N4OS. The summed E-state index contributed by atoms with van der Waals surface area (Å²) in [6.07, 6.45) is 6.67. The SMILES string of the molecule is C=C=CSc1nnc2n(CC)c(=O)c3c(n12)-c1ccccc1CC31CCCCC1. The van der Waals surface area contributed by atoms with Gasteiger partial charge in [0.25, 0.3) is 5.56 Å². The van der Waals surface area contributed by atoms with Gasteiger partial charge in [-0.2, -0.15) is 0 Å². The molecule has 0 bridgehead atoms. The van der Waals surface area contributed by atoms with Crippen molar-refractivity contribution < 1.29 is 0 Å². The molecular weight excluding hydrogens is 380 g/mol. The van der Waals surface area contributed by atoms with Crippen molar-refractivity contribution in [2.45, 2.75) is 62.6 Å². The lowest BCUT2D eigenvalue weighted by molar-refractivity contribution is 0.283. The van der Waals surface area contributed by atoms with E-state index in [1.807, 2.05) is 6.92 Å². The van der Waals surface area contributed by atoms with E-state index in [9.17, 15) is 4.79 Å². The highest BCUT2D eigenvalue weighted by Gasteiger charge is 2.44. The molecule has 1 fully saturated rings. The van der Waals surface area contributed by atoms with Crippen LogP contribution in [0.25, 0.3) is 17.0 Å². The number of rotatable bonds is 3. The van der Waals surface area contributed by atoms with E-state index in [0.29, 0.717) is 12.3 Å². The number of benzene rings is 1. The van der Waals surface area contributed by atoms with E-state index < -0.39 is 0 Å². The number of nitrogens with zero attached hydrogens (tertiary/aromatic N) is 4. The van der Waals surface area contributed by atoms with Crippen LogP contribution in [0.2, 0.25) is 0 Å². The van der Waals surface area contributed by atoms with Crippen LogP contribution in [0.5, 0.6) is 0 Å². The van der Waals surface area contributed by atoms with Gasteiger partial charge in [0.15, 0.2) is 0 Å². The van der Waals surface area contributed by atoms with E-state index in [2.05, 4.69) is 51.2 Å². The molecule has 1 saturated carbocycles.